The van der Waals surface area contributed by atoms with Crippen LogP contribution in [0.25, 0.3) is 0 Å². The zero-order chi connectivity index (χ0) is 21.2. The summed E-state index contributed by atoms with van der Waals surface area (Å²) in [5.41, 5.74) is 6.30. The molecule has 2 aliphatic heterocycles. The van der Waals surface area contributed by atoms with Crippen LogP contribution >= 0.6 is 0 Å². The predicted molar refractivity (Wildman–Crippen MR) is 120 cm³/mol. The van der Waals surface area contributed by atoms with Gasteiger partial charge in [-0.1, -0.05) is 36.4 Å². The van der Waals surface area contributed by atoms with Gasteiger partial charge in [-0.25, -0.2) is 4.98 Å². The van der Waals surface area contributed by atoms with Gasteiger partial charge in [-0.15, -0.1) is 0 Å². The van der Waals surface area contributed by atoms with Gasteiger partial charge in [-0.05, 0) is 41.7 Å². The van der Waals surface area contributed by atoms with E-state index >= 15 is 0 Å². The summed E-state index contributed by atoms with van der Waals surface area (Å²) in [6, 6.07) is 18.4. The molecule has 0 aliphatic carbocycles. The minimum absolute atomic E-state index is 0.000850. The van der Waals surface area contributed by atoms with Gasteiger partial charge in [0.15, 0.2) is 0 Å². The third-order valence-electron chi connectivity index (χ3n) is 6.35. The lowest BCUT2D eigenvalue weighted by molar-refractivity contribution is 0.279. The Balaban J connectivity index is 1.32. The number of aromatic amines is 1. The fraction of sp³-hybridized carbons (Fsp3) is 0.320. The molecule has 3 aromatic rings. The smallest absolute Gasteiger partial charge is 0.255 e. The molecule has 6 nitrogen and oxygen atoms in total. The number of H-pyrrole nitrogens is 1. The number of rotatable bonds is 3. The highest BCUT2D eigenvalue weighted by molar-refractivity contribution is 5.41. The molecule has 0 bridgehead atoms. The Morgan fingerprint density at radius 2 is 1.74 bits per heavy atom. The van der Waals surface area contributed by atoms with E-state index in [0.29, 0.717) is 17.9 Å². The Morgan fingerprint density at radius 3 is 2.55 bits per heavy atom. The molecule has 31 heavy (non-hydrogen) atoms. The van der Waals surface area contributed by atoms with E-state index in [9.17, 15) is 4.79 Å². The van der Waals surface area contributed by atoms with Crippen LogP contribution in [0.1, 0.15) is 33.5 Å². The van der Waals surface area contributed by atoms with Crippen LogP contribution in [0.3, 0.4) is 0 Å². The van der Waals surface area contributed by atoms with Crippen LogP contribution in [-0.4, -0.2) is 34.5 Å². The van der Waals surface area contributed by atoms with Crippen LogP contribution in [0.2, 0.25) is 0 Å². The van der Waals surface area contributed by atoms with E-state index in [0.717, 1.165) is 56.8 Å². The van der Waals surface area contributed by atoms with E-state index in [4.69, 9.17) is 10.2 Å². The molecule has 0 unspecified atom stereocenters. The van der Waals surface area contributed by atoms with Crippen LogP contribution < -0.4 is 10.5 Å². The zero-order valence-corrected chi connectivity index (χ0v) is 17.5. The van der Waals surface area contributed by atoms with E-state index in [1.165, 1.54) is 16.7 Å². The Hall–Kier alpha value is -3.43. The molecule has 1 N–H and O–H groups in total. The standard InChI is InChI=1S/C25H25N5O/c26-15-18-5-7-19(8-6-18)16-29-12-10-22-23(11-13-29)27-25(28-24(22)31)30-14-9-20-3-1-2-4-21(20)17-30/h1-8H,9-14,16-17H2,(H,27,28,31). The van der Waals surface area contributed by atoms with Crippen molar-refractivity contribution in [2.75, 3.05) is 24.5 Å². The van der Waals surface area contributed by atoms with Crippen molar-refractivity contribution in [3.05, 3.63) is 92.4 Å². The molecule has 156 valence electrons. The quantitative estimate of drug-likeness (QED) is 0.717. The third-order valence-corrected chi connectivity index (χ3v) is 6.35. The van der Waals surface area contributed by atoms with E-state index in [1.807, 2.05) is 24.3 Å². The Bertz CT molecular complexity index is 1190. The number of nitrogens with one attached hydrogen (secondary N) is 1. The van der Waals surface area contributed by atoms with Gasteiger partial charge in [0, 0.05) is 44.7 Å². The summed E-state index contributed by atoms with van der Waals surface area (Å²) in [6.07, 6.45) is 2.44. The van der Waals surface area contributed by atoms with Gasteiger partial charge >= 0.3 is 0 Å². The van der Waals surface area contributed by atoms with E-state index in [1.54, 1.807) is 0 Å². The van der Waals surface area contributed by atoms with Gasteiger partial charge < -0.3 is 4.90 Å². The summed E-state index contributed by atoms with van der Waals surface area (Å²) in [5, 5.41) is 8.97. The van der Waals surface area contributed by atoms with E-state index < -0.39 is 0 Å². The first-order valence-electron chi connectivity index (χ1n) is 10.8. The molecule has 0 saturated heterocycles. The Morgan fingerprint density at radius 1 is 0.968 bits per heavy atom. The lowest BCUT2D eigenvalue weighted by atomic mass is 10.0. The van der Waals surface area contributed by atoms with Crippen molar-refractivity contribution >= 4 is 5.95 Å². The van der Waals surface area contributed by atoms with Crippen LogP contribution in [0.4, 0.5) is 5.95 Å². The van der Waals surface area contributed by atoms with Crippen molar-refractivity contribution < 1.29 is 0 Å². The SMILES string of the molecule is N#Cc1ccc(CN2CCc3nc(N4CCc5ccccc5C4)[nH]c(=O)c3CC2)cc1. The summed E-state index contributed by atoms with van der Waals surface area (Å²) in [6.45, 7) is 4.15. The summed E-state index contributed by atoms with van der Waals surface area (Å²) in [4.78, 5) is 25.4. The molecular weight excluding hydrogens is 386 g/mol. The minimum atomic E-state index is -0.000850. The second kappa shape index (κ2) is 8.37. The topological polar surface area (TPSA) is 76.0 Å². The zero-order valence-electron chi connectivity index (χ0n) is 17.5. The van der Waals surface area contributed by atoms with Gasteiger partial charge in [-0.3, -0.25) is 14.7 Å². The number of hydrogen-bond donors (Lipinski definition) is 1. The van der Waals surface area contributed by atoms with Crippen molar-refractivity contribution in [3.8, 4) is 6.07 Å². The first-order valence-corrected chi connectivity index (χ1v) is 10.8. The molecule has 0 fully saturated rings. The lowest BCUT2D eigenvalue weighted by Crippen LogP contribution is -2.34. The van der Waals surface area contributed by atoms with Gasteiger partial charge in [-0.2, -0.15) is 5.26 Å². The second-order valence-corrected chi connectivity index (χ2v) is 8.34. The van der Waals surface area contributed by atoms with E-state index in [-0.39, 0.29) is 5.56 Å². The largest absolute Gasteiger partial charge is 0.338 e. The number of anilines is 1. The summed E-state index contributed by atoms with van der Waals surface area (Å²) in [5.74, 6) is 0.693. The number of hydrogen-bond acceptors (Lipinski definition) is 5. The molecule has 1 aromatic heterocycles. The van der Waals surface area contributed by atoms with Crippen molar-refractivity contribution in [2.45, 2.75) is 32.4 Å². The monoisotopic (exact) mass is 411 g/mol. The molecule has 0 spiro atoms. The molecule has 2 aliphatic rings. The van der Waals surface area contributed by atoms with Crippen molar-refractivity contribution in [3.63, 3.8) is 0 Å². The van der Waals surface area contributed by atoms with Gasteiger partial charge in [0.2, 0.25) is 5.95 Å². The van der Waals surface area contributed by atoms with Gasteiger partial charge in [0.05, 0.1) is 17.3 Å². The maximum Gasteiger partial charge on any atom is 0.255 e. The molecule has 5 rings (SSSR count). The number of benzene rings is 2. The number of nitriles is 1. The average Bonchev–Trinajstić information content (AvgIpc) is 3.02. The molecule has 0 radical (unpaired) electrons. The number of fused-ring (bicyclic) bond motifs is 2. The summed E-state index contributed by atoms with van der Waals surface area (Å²) < 4.78 is 0. The van der Waals surface area contributed by atoms with Crippen LogP contribution in [0.15, 0.2) is 53.3 Å². The Kier molecular flexibility index (Phi) is 5.27. The molecule has 0 amide bonds. The molecule has 0 atom stereocenters. The fourth-order valence-corrected chi connectivity index (χ4v) is 4.57. The van der Waals surface area contributed by atoms with Crippen molar-refractivity contribution in [2.24, 2.45) is 0 Å². The molecular formula is C25H25N5O. The number of nitrogens with zero attached hydrogens (tertiary/aromatic N) is 4. The van der Waals surface area contributed by atoms with Crippen LogP contribution in [0, 0.1) is 11.3 Å². The van der Waals surface area contributed by atoms with Crippen molar-refractivity contribution in [1.82, 2.24) is 14.9 Å². The highest BCUT2D eigenvalue weighted by atomic mass is 16.1. The molecule has 3 heterocycles. The summed E-state index contributed by atoms with van der Waals surface area (Å²) >= 11 is 0. The number of aromatic nitrogens is 2. The first kappa shape index (κ1) is 19.5. The van der Waals surface area contributed by atoms with E-state index in [2.05, 4.69) is 45.1 Å². The minimum Gasteiger partial charge on any atom is -0.338 e. The van der Waals surface area contributed by atoms with Crippen LogP contribution in [0.5, 0.6) is 0 Å². The fourth-order valence-electron chi connectivity index (χ4n) is 4.57. The molecule has 6 heteroatoms. The first-order chi connectivity index (χ1) is 15.2. The second-order valence-electron chi connectivity index (χ2n) is 8.34. The highest BCUT2D eigenvalue weighted by Crippen LogP contribution is 2.23. The maximum atomic E-state index is 12.9. The third kappa shape index (κ3) is 4.10. The summed E-state index contributed by atoms with van der Waals surface area (Å²) in [7, 11) is 0. The molecule has 2 aromatic carbocycles. The highest BCUT2D eigenvalue weighted by Gasteiger charge is 2.22. The van der Waals surface area contributed by atoms with Crippen LogP contribution in [-0.2, 0) is 32.4 Å². The average molecular weight is 412 g/mol. The van der Waals surface area contributed by atoms with Crippen molar-refractivity contribution in [1.29, 1.82) is 5.26 Å². The predicted octanol–water partition coefficient (Wildman–Crippen LogP) is 2.81. The van der Waals surface area contributed by atoms with Gasteiger partial charge in [0.25, 0.3) is 5.56 Å². The lowest BCUT2D eigenvalue weighted by Gasteiger charge is -2.29. The Labute approximate surface area is 181 Å². The van der Waals surface area contributed by atoms with Gasteiger partial charge in [0.1, 0.15) is 0 Å². The molecule has 0 saturated carbocycles. The normalized spacial score (nSPS) is 16.2. The maximum absolute atomic E-state index is 12.9.